The van der Waals surface area contributed by atoms with Gasteiger partial charge in [0, 0.05) is 27.1 Å². The zero-order valence-electron chi connectivity index (χ0n) is 9.49. The first-order valence-electron chi connectivity index (χ1n) is 5.08. The molecule has 1 amide bonds. The number of carbonyl (C=O) groups excluding carboxylic acids is 1. The van der Waals surface area contributed by atoms with Crippen LogP contribution >= 0.6 is 0 Å². The van der Waals surface area contributed by atoms with Crippen molar-refractivity contribution in [2.75, 3.05) is 20.6 Å². The molecule has 0 unspecified atom stereocenters. The molecule has 0 radical (unpaired) electrons. The lowest BCUT2D eigenvalue weighted by Gasteiger charge is -2.13. The highest BCUT2D eigenvalue weighted by molar-refractivity contribution is 5.75. The minimum absolute atomic E-state index is 0.133. The Bertz CT molecular complexity index is 294. The van der Waals surface area contributed by atoms with E-state index in [0.29, 0.717) is 13.0 Å². The van der Waals surface area contributed by atoms with E-state index in [9.17, 15) is 4.79 Å². The predicted molar refractivity (Wildman–Crippen MR) is 58.4 cm³/mol. The molecule has 4 nitrogen and oxygen atoms in total. The highest BCUT2D eigenvalue weighted by Crippen LogP contribution is 2.11. The van der Waals surface area contributed by atoms with Gasteiger partial charge in [-0.05, 0) is 19.1 Å². The number of rotatable bonds is 5. The molecule has 0 aromatic carbocycles. The van der Waals surface area contributed by atoms with Gasteiger partial charge in [0.15, 0.2) is 0 Å². The van der Waals surface area contributed by atoms with Crippen LogP contribution in [0.1, 0.15) is 25.1 Å². The van der Waals surface area contributed by atoms with Crippen molar-refractivity contribution in [2.45, 2.75) is 19.4 Å². The van der Waals surface area contributed by atoms with E-state index >= 15 is 0 Å². The number of carbonyl (C=O) groups is 1. The first kappa shape index (κ1) is 11.8. The lowest BCUT2D eigenvalue weighted by Crippen LogP contribution is -2.27. The molecule has 84 valence electrons. The lowest BCUT2D eigenvalue weighted by atomic mass is 10.2. The molecule has 1 aromatic rings. The van der Waals surface area contributed by atoms with Crippen LogP contribution in [-0.4, -0.2) is 31.4 Å². The number of hydrogen-bond donors (Lipinski definition) is 1. The average Bonchev–Trinajstić information content (AvgIpc) is 2.70. The van der Waals surface area contributed by atoms with Gasteiger partial charge in [0.05, 0.1) is 12.3 Å². The SMILES string of the molecule is C[C@@H](NCCC(=O)N(C)C)c1ccco1. The van der Waals surface area contributed by atoms with Crippen LogP contribution in [0.3, 0.4) is 0 Å². The normalized spacial score (nSPS) is 12.5. The fraction of sp³-hybridized carbons (Fsp3) is 0.545. The van der Waals surface area contributed by atoms with Crippen molar-refractivity contribution in [2.24, 2.45) is 0 Å². The number of amides is 1. The summed E-state index contributed by atoms with van der Waals surface area (Å²) in [7, 11) is 3.52. The Kier molecular flexibility index (Phi) is 4.37. The predicted octanol–water partition coefficient (Wildman–Crippen LogP) is 1.41. The lowest BCUT2D eigenvalue weighted by molar-refractivity contribution is -0.128. The Labute approximate surface area is 90.3 Å². The molecule has 0 fully saturated rings. The van der Waals surface area contributed by atoms with E-state index in [1.54, 1.807) is 25.3 Å². The summed E-state index contributed by atoms with van der Waals surface area (Å²) in [6.45, 7) is 2.68. The Hall–Kier alpha value is -1.29. The van der Waals surface area contributed by atoms with E-state index in [0.717, 1.165) is 5.76 Å². The van der Waals surface area contributed by atoms with E-state index in [1.165, 1.54) is 0 Å². The van der Waals surface area contributed by atoms with Crippen LogP contribution in [0.25, 0.3) is 0 Å². The van der Waals surface area contributed by atoms with Crippen molar-refractivity contribution < 1.29 is 9.21 Å². The maximum atomic E-state index is 11.3. The standard InChI is InChI=1S/C11H18N2O2/c1-9(10-5-4-8-15-10)12-7-6-11(14)13(2)3/h4-5,8-9,12H,6-7H2,1-3H3/t9-/m1/s1. The Morgan fingerprint density at radius 3 is 2.87 bits per heavy atom. The molecule has 0 bridgehead atoms. The van der Waals surface area contributed by atoms with Crippen molar-refractivity contribution in [3.63, 3.8) is 0 Å². The highest BCUT2D eigenvalue weighted by atomic mass is 16.3. The van der Waals surface area contributed by atoms with Crippen LogP contribution < -0.4 is 5.32 Å². The summed E-state index contributed by atoms with van der Waals surface area (Å²) in [5.74, 6) is 1.03. The molecule has 1 aromatic heterocycles. The third-order valence-electron chi connectivity index (χ3n) is 2.26. The molecule has 0 aliphatic rings. The largest absolute Gasteiger partial charge is 0.468 e. The van der Waals surface area contributed by atoms with Crippen LogP contribution in [0.15, 0.2) is 22.8 Å². The van der Waals surface area contributed by atoms with Gasteiger partial charge < -0.3 is 14.6 Å². The van der Waals surface area contributed by atoms with E-state index in [4.69, 9.17) is 4.42 Å². The van der Waals surface area contributed by atoms with E-state index < -0.39 is 0 Å². The van der Waals surface area contributed by atoms with Gasteiger partial charge in [0.2, 0.25) is 5.91 Å². The first-order valence-corrected chi connectivity index (χ1v) is 5.08. The van der Waals surface area contributed by atoms with Gasteiger partial charge in [-0.25, -0.2) is 0 Å². The molecule has 4 heteroatoms. The molecule has 1 atom stereocenters. The third kappa shape index (κ3) is 3.75. The van der Waals surface area contributed by atoms with E-state index in [1.807, 2.05) is 19.1 Å². The number of hydrogen-bond acceptors (Lipinski definition) is 3. The van der Waals surface area contributed by atoms with Crippen LogP contribution in [0, 0.1) is 0 Å². The van der Waals surface area contributed by atoms with Crippen molar-refractivity contribution in [1.82, 2.24) is 10.2 Å². The van der Waals surface area contributed by atoms with Crippen molar-refractivity contribution in [3.05, 3.63) is 24.2 Å². The maximum Gasteiger partial charge on any atom is 0.223 e. The van der Waals surface area contributed by atoms with Crippen LogP contribution in [0.2, 0.25) is 0 Å². The van der Waals surface area contributed by atoms with Gasteiger partial charge >= 0.3 is 0 Å². The monoisotopic (exact) mass is 210 g/mol. The Morgan fingerprint density at radius 1 is 1.60 bits per heavy atom. The van der Waals surface area contributed by atoms with Gasteiger partial charge in [-0.15, -0.1) is 0 Å². The molecule has 0 aliphatic carbocycles. The molecule has 0 saturated carbocycles. The number of furan rings is 1. The molecule has 1 heterocycles. The van der Waals surface area contributed by atoms with Crippen LogP contribution in [0.4, 0.5) is 0 Å². The number of nitrogens with one attached hydrogen (secondary N) is 1. The smallest absolute Gasteiger partial charge is 0.223 e. The fourth-order valence-corrected chi connectivity index (χ4v) is 1.26. The quantitative estimate of drug-likeness (QED) is 0.799. The summed E-state index contributed by atoms with van der Waals surface area (Å²) in [5, 5.41) is 3.23. The molecular formula is C11H18N2O2. The summed E-state index contributed by atoms with van der Waals surface area (Å²) in [5.41, 5.74) is 0. The van der Waals surface area contributed by atoms with Crippen molar-refractivity contribution >= 4 is 5.91 Å². The minimum Gasteiger partial charge on any atom is -0.468 e. The summed E-state index contributed by atoms with van der Waals surface area (Å²) in [6.07, 6.45) is 2.16. The average molecular weight is 210 g/mol. The third-order valence-corrected chi connectivity index (χ3v) is 2.26. The fourth-order valence-electron chi connectivity index (χ4n) is 1.26. The van der Waals surface area contributed by atoms with Gasteiger partial charge in [-0.1, -0.05) is 0 Å². The van der Waals surface area contributed by atoms with Crippen molar-refractivity contribution in [1.29, 1.82) is 0 Å². The Balaban J connectivity index is 2.24. The van der Waals surface area contributed by atoms with Gasteiger partial charge in [0.1, 0.15) is 5.76 Å². The second kappa shape index (κ2) is 5.56. The zero-order chi connectivity index (χ0) is 11.3. The second-order valence-electron chi connectivity index (χ2n) is 3.73. The summed E-state index contributed by atoms with van der Waals surface area (Å²) >= 11 is 0. The first-order chi connectivity index (χ1) is 7.11. The molecular weight excluding hydrogens is 192 g/mol. The van der Waals surface area contributed by atoms with Crippen molar-refractivity contribution in [3.8, 4) is 0 Å². The zero-order valence-corrected chi connectivity index (χ0v) is 9.49. The Morgan fingerprint density at radius 2 is 2.33 bits per heavy atom. The van der Waals surface area contributed by atoms with Crippen LogP contribution in [-0.2, 0) is 4.79 Å². The van der Waals surface area contributed by atoms with Crippen LogP contribution in [0.5, 0.6) is 0 Å². The maximum absolute atomic E-state index is 11.3. The molecule has 1 N–H and O–H groups in total. The van der Waals surface area contributed by atoms with Gasteiger partial charge in [-0.3, -0.25) is 4.79 Å². The van der Waals surface area contributed by atoms with Gasteiger partial charge in [-0.2, -0.15) is 0 Å². The highest BCUT2D eigenvalue weighted by Gasteiger charge is 2.08. The molecule has 15 heavy (non-hydrogen) atoms. The van der Waals surface area contributed by atoms with E-state index in [-0.39, 0.29) is 11.9 Å². The minimum atomic E-state index is 0.133. The molecule has 0 aliphatic heterocycles. The second-order valence-corrected chi connectivity index (χ2v) is 3.73. The summed E-state index contributed by atoms with van der Waals surface area (Å²) in [4.78, 5) is 12.9. The molecule has 0 saturated heterocycles. The molecule has 0 spiro atoms. The van der Waals surface area contributed by atoms with Gasteiger partial charge in [0.25, 0.3) is 0 Å². The topological polar surface area (TPSA) is 45.5 Å². The summed E-state index contributed by atoms with van der Waals surface area (Å²) < 4.78 is 5.24. The van der Waals surface area contributed by atoms with E-state index in [2.05, 4.69) is 5.32 Å². The molecule has 1 rings (SSSR count). The number of nitrogens with zero attached hydrogens (tertiary/aromatic N) is 1. The summed E-state index contributed by atoms with van der Waals surface area (Å²) in [6, 6.07) is 3.93.